The van der Waals surface area contributed by atoms with E-state index in [0.29, 0.717) is 6.10 Å². The minimum Gasteiger partial charge on any atom is -0.301 e. The summed E-state index contributed by atoms with van der Waals surface area (Å²) in [4.78, 5) is 7.31. The molecule has 3 rings (SSSR count). The van der Waals surface area contributed by atoms with Crippen LogP contribution < -0.4 is 5.90 Å². The molecule has 3 saturated heterocycles. The molecule has 0 saturated carbocycles. The Morgan fingerprint density at radius 3 is 2.18 bits per heavy atom. The summed E-state index contributed by atoms with van der Waals surface area (Å²) in [6, 6.07) is 0. The van der Waals surface area contributed by atoms with Crippen molar-refractivity contribution in [3.05, 3.63) is 0 Å². The van der Waals surface area contributed by atoms with E-state index in [9.17, 15) is 0 Å². The molecule has 1 atom stereocenters. The quantitative estimate of drug-likeness (QED) is 0.591. The van der Waals surface area contributed by atoms with Gasteiger partial charge < -0.3 is 4.90 Å². The lowest BCUT2D eigenvalue weighted by Gasteiger charge is -2.43. The van der Waals surface area contributed by atoms with Crippen molar-refractivity contribution in [1.29, 1.82) is 0 Å². The highest BCUT2D eigenvalue weighted by Crippen LogP contribution is 2.28. The Morgan fingerprint density at radius 1 is 1.27 bits per heavy atom. The minimum absolute atomic E-state index is 0. The van der Waals surface area contributed by atoms with Crippen LogP contribution in [0.25, 0.3) is 0 Å². The van der Waals surface area contributed by atoms with E-state index in [2.05, 4.69) is 4.90 Å². The topological polar surface area (TPSA) is 38.5 Å². The first kappa shape index (κ1) is 9.26. The monoisotopic (exact) mass is 178 g/mol. The molecule has 0 aromatic heterocycles. The van der Waals surface area contributed by atoms with E-state index in [1.54, 1.807) is 0 Å². The van der Waals surface area contributed by atoms with Crippen molar-refractivity contribution in [2.75, 3.05) is 19.6 Å². The number of hydrogen-bond acceptors (Lipinski definition) is 3. The molecule has 0 aliphatic carbocycles. The smallest absolute Gasteiger partial charge is 0.0942 e. The van der Waals surface area contributed by atoms with E-state index in [1.165, 1.54) is 25.9 Å². The van der Waals surface area contributed by atoms with Gasteiger partial charge in [-0.1, -0.05) is 0 Å². The van der Waals surface area contributed by atoms with Gasteiger partial charge in [0.15, 0.2) is 0 Å². The molecule has 4 heteroatoms. The Hall–Kier alpha value is 0.170. The summed E-state index contributed by atoms with van der Waals surface area (Å²) in [6.45, 7) is 3.57. The van der Waals surface area contributed by atoms with Gasteiger partial charge in [-0.2, -0.15) is 0 Å². The lowest BCUT2D eigenvalue weighted by Crippen LogP contribution is -2.52. The molecule has 11 heavy (non-hydrogen) atoms. The fourth-order valence-electron chi connectivity index (χ4n) is 2.06. The van der Waals surface area contributed by atoms with E-state index in [-0.39, 0.29) is 12.4 Å². The molecular formula is C7H15ClN2O. The molecule has 3 fully saturated rings. The Balaban J connectivity index is 0.000000605. The zero-order valence-corrected chi connectivity index (χ0v) is 7.35. The highest BCUT2D eigenvalue weighted by Gasteiger charge is 2.34. The summed E-state index contributed by atoms with van der Waals surface area (Å²) in [6.07, 6.45) is 2.88. The summed E-state index contributed by atoms with van der Waals surface area (Å²) < 4.78 is 0. The van der Waals surface area contributed by atoms with Gasteiger partial charge in [-0.25, -0.2) is 5.90 Å². The molecule has 2 N–H and O–H groups in total. The molecule has 0 amide bonds. The Bertz CT molecular complexity index is 126. The van der Waals surface area contributed by atoms with Gasteiger partial charge in [0.2, 0.25) is 0 Å². The second-order valence-electron chi connectivity index (χ2n) is 3.31. The van der Waals surface area contributed by atoms with Gasteiger partial charge in [-0.15, -0.1) is 12.4 Å². The molecule has 3 aliphatic rings. The van der Waals surface area contributed by atoms with Crippen LogP contribution in [0, 0.1) is 5.92 Å². The highest BCUT2D eigenvalue weighted by molar-refractivity contribution is 5.85. The lowest BCUT2D eigenvalue weighted by atomic mass is 9.86. The van der Waals surface area contributed by atoms with E-state index >= 15 is 0 Å². The molecule has 3 aliphatic heterocycles. The normalized spacial score (nSPS) is 41.7. The van der Waals surface area contributed by atoms with Gasteiger partial charge in [0.25, 0.3) is 0 Å². The highest BCUT2D eigenvalue weighted by atomic mass is 35.5. The maximum Gasteiger partial charge on any atom is 0.0942 e. The zero-order valence-electron chi connectivity index (χ0n) is 6.53. The first-order chi connectivity index (χ1) is 4.90. The van der Waals surface area contributed by atoms with E-state index in [1.807, 2.05) is 0 Å². The van der Waals surface area contributed by atoms with Crippen LogP contribution in [0.5, 0.6) is 0 Å². The molecule has 0 spiro atoms. The van der Waals surface area contributed by atoms with Crippen molar-refractivity contribution in [2.45, 2.75) is 18.9 Å². The largest absolute Gasteiger partial charge is 0.301 e. The number of nitrogens with zero attached hydrogens (tertiary/aromatic N) is 1. The first-order valence-electron chi connectivity index (χ1n) is 3.98. The molecule has 3 heterocycles. The molecule has 1 unspecified atom stereocenters. The van der Waals surface area contributed by atoms with E-state index < -0.39 is 0 Å². The Morgan fingerprint density at radius 2 is 1.91 bits per heavy atom. The Kier molecular flexibility index (Phi) is 3.13. The molecular weight excluding hydrogens is 164 g/mol. The molecule has 66 valence electrons. The third-order valence-corrected chi connectivity index (χ3v) is 2.77. The predicted octanol–water partition coefficient (Wildman–Crippen LogP) is 0.393. The van der Waals surface area contributed by atoms with Gasteiger partial charge in [0.05, 0.1) is 6.10 Å². The first-order valence-corrected chi connectivity index (χ1v) is 3.98. The molecule has 0 aromatic rings. The number of hydrogen-bond donors (Lipinski definition) is 1. The SMILES string of the molecule is Cl.NOC1CN2CCC1CC2. The maximum absolute atomic E-state index is 5.16. The summed E-state index contributed by atoms with van der Waals surface area (Å²) >= 11 is 0. The van der Waals surface area contributed by atoms with Crippen LogP contribution in [0.1, 0.15) is 12.8 Å². The van der Waals surface area contributed by atoms with Gasteiger partial charge in [-0.3, -0.25) is 4.84 Å². The number of piperidine rings is 3. The van der Waals surface area contributed by atoms with Crippen LogP contribution in [-0.2, 0) is 4.84 Å². The van der Waals surface area contributed by atoms with Gasteiger partial charge in [-0.05, 0) is 31.8 Å². The molecule has 0 radical (unpaired) electrons. The number of fused-ring (bicyclic) bond motifs is 3. The molecule has 0 aromatic carbocycles. The van der Waals surface area contributed by atoms with Crippen molar-refractivity contribution in [3.63, 3.8) is 0 Å². The third kappa shape index (κ3) is 1.67. The summed E-state index contributed by atoms with van der Waals surface area (Å²) in [7, 11) is 0. The Labute approximate surface area is 73.2 Å². The average molecular weight is 179 g/mol. The van der Waals surface area contributed by atoms with Crippen LogP contribution in [0.3, 0.4) is 0 Å². The van der Waals surface area contributed by atoms with Gasteiger partial charge in [0.1, 0.15) is 0 Å². The standard InChI is InChI=1S/C7H14N2O.ClH/c8-10-7-5-9-3-1-6(7)2-4-9;/h6-7H,1-5,8H2;1H. The van der Waals surface area contributed by atoms with Crippen LogP contribution in [0.4, 0.5) is 0 Å². The van der Waals surface area contributed by atoms with Crippen LogP contribution in [0.2, 0.25) is 0 Å². The van der Waals surface area contributed by atoms with Crippen molar-refractivity contribution in [3.8, 4) is 0 Å². The second-order valence-corrected chi connectivity index (χ2v) is 3.31. The average Bonchev–Trinajstić information content (AvgIpc) is 2.06. The van der Waals surface area contributed by atoms with Crippen LogP contribution in [0.15, 0.2) is 0 Å². The van der Waals surface area contributed by atoms with E-state index in [0.717, 1.165) is 12.5 Å². The number of rotatable bonds is 1. The molecule has 2 bridgehead atoms. The van der Waals surface area contributed by atoms with Crippen molar-refractivity contribution in [2.24, 2.45) is 11.8 Å². The summed E-state index contributed by atoms with van der Waals surface area (Å²) in [5, 5.41) is 0. The summed E-state index contributed by atoms with van der Waals surface area (Å²) in [5.41, 5.74) is 0. The minimum atomic E-state index is 0. The van der Waals surface area contributed by atoms with E-state index in [4.69, 9.17) is 10.7 Å². The lowest BCUT2D eigenvalue weighted by molar-refractivity contribution is -0.0710. The third-order valence-electron chi connectivity index (χ3n) is 2.77. The van der Waals surface area contributed by atoms with Crippen molar-refractivity contribution in [1.82, 2.24) is 4.90 Å². The maximum atomic E-state index is 5.16. The van der Waals surface area contributed by atoms with Crippen LogP contribution >= 0.6 is 12.4 Å². The van der Waals surface area contributed by atoms with Gasteiger partial charge >= 0.3 is 0 Å². The fourth-order valence-corrected chi connectivity index (χ4v) is 2.06. The number of halogens is 1. The zero-order chi connectivity index (χ0) is 6.97. The summed E-state index contributed by atoms with van der Waals surface area (Å²) in [5.74, 6) is 5.91. The second kappa shape index (κ2) is 3.72. The van der Waals surface area contributed by atoms with Gasteiger partial charge in [0, 0.05) is 6.54 Å². The van der Waals surface area contributed by atoms with Crippen molar-refractivity contribution >= 4 is 12.4 Å². The van der Waals surface area contributed by atoms with Crippen molar-refractivity contribution < 1.29 is 4.84 Å². The molecule has 3 nitrogen and oxygen atoms in total. The number of nitrogens with two attached hydrogens (primary N) is 1. The van der Waals surface area contributed by atoms with Crippen LogP contribution in [-0.4, -0.2) is 30.6 Å². The predicted molar refractivity (Wildman–Crippen MR) is 45.5 cm³/mol. The fraction of sp³-hybridized carbons (Fsp3) is 1.00.